The van der Waals surface area contributed by atoms with Crippen molar-refractivity contribution >= 4 is 11.7 Å². The molecular formula is C10H13NO5. The molecule has 2 atom stereocenters. The number of aliphatic hydroxyl groups excluding tert-OH is 3. The van der Waals surface area contributed by atoms with Crippen LogP contribution in [0.4, 0.5) is 5.69 Å². The fourth-order valence-corrected chi connectivity index (χ4v) is 1.15. The van der Waals surface area contributed by atoms with Crippen molar-refractivity contribution in [2.24, 2.45) is 0 Å². The second kappa shape index (κ2) is 5.45. The van der Waals surface area contributed by atoms with Crippen molar-refractivity contribution in [1.82, 2.24) is 0 Å². The molecule has 6 nitrogen and oxygen atoms in total. The van der Waals surface area contributed by atoms with E-state index in [2.05, 4.69) is 5.32 Å². The number of benzene rings is 1. The Morgan fingerprint density at radius 3 is 2.50 bits per heavy atom. The smallest absolute Gasteiger partial charge is 0.337 e. The Kier molecular flexibility index (Phi) is 4.24. The van der Waals surface area contributed by atoms with Crippen molar-refractivity contribution < 1.29 is 25.2 Å². The number of aliphatic hydroxyl groups is 3. The van der Waals surface area contributed by atoms with Crippen molar-refractivity contribution in [3.8, 4) is 0 Å². The molecule has 2 unspecified atom stereocenters. The monoisotopic (exact) mass is 227 g/mol. The van der Waals surface area contributed by atoms with Gasteiger partial charge in [-0.15, -0.1) is 0 Å². The molecule has 0 amide bonds. The zero-order chi connectivity index (χ0) is 12.1. The number of hydrogen-bond acceptors (Lipinski definition) is 5. The first-order valence-electron chi connectivity index (χ1n) is 4.62. The lowest BCUT2D eigenvalue weighted by molar-refractivity contribution is 0.000234. The molecule has 0 aliphatic carbocycles. The van der Waals surface area contributed by atoms with E-state index in [1.165, 1.54) is 12.1 Å². The molecule has 0 radical (unpaired) electrons. The highest BCUT2D eigenvalue weighted by molar-refractivity contribution is 5.94. The van der Waals surface area contributed by atoms with Gasteiger partial charge in [-0.05, 0) is 12.1 Å². The number of aromatic carboxylic acids is 1. The van der Waals surface area contributed by atoms with Gasteiger partial charge in [-0.25, -0.2) is 4.79 Å². The van der Waals surface area contributed by atoms with Gasteiger partial charge >= 0.3 is 5.97 Å². The zero-order valence-corrected chi connectivity index (χ0v) is 8.37. The highest BCUT2D eigenvalue weighted by atomic mass is 16.4. The van der Waals surface area contributed by atoms with Crippen LogP contribution in [-0.4, -0.2) is 45.3 Å². The maximum Gasteiger partial charge on any atom is 0.337 e. The number of rotatable bonds is 5. The zero-order valence-electron chi connectivity index (χ0n) is 8.37. The van der Waals surface area contributed by atoms with Gasteiger partial charge in [0.1, 0.15) is 6.10 Å². The van der Waals surface area contributed by atoms with E-state index in [4.69, 9.17) is 15.3 Å². The number of anilines is 1. The first-order chi connectivity index (χ1) is 7.56. The molecule has 0 saturated heterocycles. The Morgan fingerprint density at radius 2 is 1.94 bits per heavy atom. The van der Waals surface area contributed by atoms with Gasteiger partial charge in [0, 0.05) is 0 Å². The Morgan fingerprint density at radius 1 is 1.31 bits per heavy atom. The summed E-state index contributed by atoms with van der Waals surface area (Å²) < 4.78 is 0. The highest BCUT2D eigenvalue weighted by Gasteiger charge is 2.17. The molecule has 0 spiro atoms. The second-order valence-electron chi connectivity index (χ2n) is 3.19. The standard InChI is InChI=1S/C10H13NO5/c12-5-8(13)9(14)11-7-4-2-1-3-6(7)10(15)16/h1-4,8-9,11-14H,5H2,(H,15,16). The summed E-state index contributed by atoms with van der Waals surface area (Å²) in [7, 11) is 0. The molecule has 1 aromatic carbocycles. The number of carboxylic acid groups (broad SMARTS) is 1. The molecule has 0 aromatic heterocycles. The number of carboxylic acids is 1. The van der Waals surface area contributed by atoms with Crippen molar-refractivity contribution in [1.29, 1.82) is 0 Å². The molecule has 1 aromatic rings. The first kappa shape index (κ1) is 12.4. The lowest BCUT2D eigenvalue weighted by atomic mass is 10.1. The van der Waals surface area contributed by atoms with Crippen LogP contribution in [0.2, 0.25) is 0 Å². The maximum absolute atomic E-state index is 10.8. The summed E-state index contributed by atoms with van der Waals surface area (Å²) in [6.45, 7) is -0.622. The van der Waals surface area contributed by atoms with Gasteiger partial charge in [0.2, 0.25) is 0 Å². The number of carbonyl (C=O) groups is 1. The number of nitrogens with one attached hydrogen (secondary N) is 1. The molecule has 6 heteroatoms. The van der Waals surface area contributed by atoms with Crippen LogP contribution in [0, 0.1) is 0 Å². The fraction of sp³-hybridized carbons (Fsp3) is 0.300. The third-order valence-corrected chi connectivity index (χ3v) is 2.01. The van der Waals surface area contributed by atoms with Gasteiger partial charge < -0.3 is 25.7 Å². The topological polar surface area (TPSA) is 110 Å². The molecule has 0 heterocycles. The van der Waals surface area contributed by atoms with Crippen molar-refractivity contribution in [3.05, 3.63) is 29.8 Å². The van der Waals surface area contributed by atoms with Crippen LogP contribution in [0.3, 0.4) is 0 Å². The minimum Gasteiger partial charge on any atom is -0.478 e. The predicted molar refractivity (Wildman–Crippen MR) is 56.1 cm³/mol. The van der Waals surface area contributed by atoms with E-state index >= 15 is 0 Å². The molecule has 0 saturated carbocycles. The van der Waals surface area contributed by atoms with Gasteiger partial charge in [-0.1, -0.05) is 12.1 Å². The van der Waals surface area contributed by atoms with Crippen LogP contribution in [0.5, 0.6) is 0 Å². The van der Waals surface area contributed by atoms with E-state index in [9.17, 15) is 9.90 Å². The highest BCUT2D eigenvalue weighted by Crippen LogP contribution is 2.16. The summed E-state index contributed by atoms with van der Waals surface area (Å²) in [5.74, 6) is -1.14. The van der Waals surface area contributed by atoms with E-state index in [0.717, 1.165) is 0 Å². The SMILES string of the molecule is O=C(O)c1ccccc1NC(O)C(O)CO. The Hall–Kier alpha value is -1.63. The van der Waals surface area contributed by atoms with Crippen LogP contribution in [0.25, 0.3) is 0 Å². The molecule has 0 aliphatic heterocycles. The lowest BCUT2D eigenvalue weighted by Gasteiger charge is -2.19. The van der Waals surface area contributed by atoms with E-state index < -0.39 is 24.9 Å². The molecule has 0 aliphatic rings. The predicted octanol–water partition coefficient (Wildman–Crippen LogP) is -0.532. The van der Waals surface area contributed by atoms with E-state index in [1.807, 2.05) is 0 Å². The summed E-state index contributed by atoms with van der Waals surface area (Å²) in [5, 5.41) is 38.3. The fourth-order valence-electron chi connectivity index (χ4n) is 1.15. The lowest BCUT2D eigenvalue weighted by Crippen LogP contribution is -2.36. The minimum atomic E-state index is -1.43. The van der Waals surface area contributed by atoms with Crippen LogP contribution in [0.15, 0.2) is 24.3 Å². The third-order valence-electron chi connectivity index (χ3n) is 2.01. The van der Waals surface area contributed by atoms with Crippen LogP contribution in [-0.2, 0) is 0 Å². The van der Waals surface area contributed by atoms with Gasteiger partial charge in [-0.3, -0.25) is 0 Å². The number of para-hydroxylation sites is 1. The molecular weight excluding hydrogens is 214 g/mol. The minimum absolute atomic E-state index is 0.0216. The molecule has 1 rings (SSSR count). The molecule has 88 valence electrons. The normalized spacial score (nSPS) is 14.2. The number of hydrogen-bond donors (Lipinski definition) is 5. The van der Waals surface area contributed by atoms with Gasteiger partial charge in [0.25, 0.3) is 0 Å². The Balaban J connectivity index is 2.84. The van der Waals surface area contributed by atoms with E-state index in [-0.39, 0.29) is 11.3 Å². The van der Waals surface area contributed by atoms with Crippen LogP contribution in [0.1, 0.15) is 10.4 Å². The maximum atomic E-state index is 10.8. The average Bonchev–Trinajstić information content (AvgIpc) is 2.28. The summed E-state index contributed by atoms with van der Waals surface area (Å²) in [6, 6.07) is 5.95. The Bertz CT molecular complexity index is 368. The molecule has 5 N–H and O–H groups in total. The Labute approximate surface area is 91.8 Å². The molecule has 16 heavy (non-hydrogen) atoms. The van der Waals surface area contributed by atoms with Crippen molar-refractivity contribution in [3.63, 3.8) is 0 Å². The van der Waals surface area contributed by atoms with Crippen LogP contribution >= 0.6 is 0 Å². The summed E-state index contributed by atoms with van der Waals surface area (Å²) in [4.78, 5) is 10.8. The molecule has 0 bridgehead atoms. The van der Waals surface area contributed by atoms with Crippen molar-refractivity contribution in [2.75, 3.05) is 11.9 Å². The van der Waals surface area contributed by atoms with Gasteiger partial charge in [-0.2, -0.15) is 0 Å². The first-order valence-corrected chi connectivity index (χ1v) is 4.62. The summed E-state index contributed by atoms with van der Waals surface area (Å²) in [6.07, 6.45) is -2.80. The van der Waals surface area contributed by atoms with Crippen LogP contribution < -0.4 is 5.32 Å². The van der Waals surface area contributed by atoms with Crippen molar-refractivity contribution in [2.45, 2.75) is 12.3 Å². The molecule has 0 fully saturated rings. The summed E-state index contributed by atoms with van der Waals surface area (Å²) >= 11 is 0. The quantitative estimate of drug-likeness (QED) is 0.432. The van der Waals surface area contributed by atoms with E-state index in [0.29, 0.717) is 0 Å². The van der Waals surface area contributed by atoms with Gasteiger partial charge in [0.05, 0.1) is 17.9 Å². The van der Waals surface area contributed by atoms with E-state index in [1.54, 1.807) is 12.1 Å². The third kappa shape index (κ3) is 2.93. The van der Waals surface area contributed by atoms with Gasteiger partial charge in [0.15, 0.2) is 6.23 Å². The average molecular weight is 227 g/mol. The second-order valence-corrected chi connectivity index (χ2v) is 3.19. The largest absolute Gasteiger partial charge is 0.478 e. The summed E-state index contributed by atoms with van der Waals surface area (Å²) in [5.41, 5.74) is 0.154.